The predicted octanol–water partition coefficient (Wildman–Crippen LogP) is 4.65. The number of amides is 1. The van der Waals surface area contributed by atoms with E-state index in [0.717, 1.165) is 16.5 Å². The van der Waals surface area contributed by atoms with Gasteiger partial charge in [0.1, 0.15) is 23.6 Å². The summed E-state index contributed by atoms with van der Waals surface area (Å²) in [6.07, 6.45) is 3.25. The highest BCUT2D eigenvalue weighted by Crippen LogP contribution is 2.22. The molecule has 0 aliphatic heterocycles. The normalized spacial score (nSPS) is 10.9. The predicted molar refractivity (Wildman–Crippen MR) is 125 cm³/mol. The van der Waals surface area contributed by atoms with Crippen LogP contribution >= 0.6 is 0 Å². The quantitative estimate of drug-likeness (QED) is 0.329. The molecule has 4 aromatic rings. The number of carbonyl (C=O) groups excluding carboxylic acids is 1. The second-order valence-corrected chi connectivity index (χ2v) is 7.23. The van der Waals surface area contributed by atoms with Gasteiger partial charge in [-0.3, -0.25) is 9.78 Å². The van der Waals surface area contributed by atoms with Gasteiger partial charge in [0.15, 0.2) is 6.61 Å². The van der Waals surface area contributed by atoms with Gasteiger partial charge in [0, 0.05) is 17.1 Å². The summed E-state index contributed by atoms with van der Waals surface area (Å²) in [5.74, 6) is 0.870. The molecular formula is C26H23N3O3. The van der Waals surface area contributed by atoms with Crippen molar-refractivity contribution >= 4 is 23.0 Å². The molecule has 0 bridgehead atoms. The number of hydrogen-bond acceptors (Lipinski definition) is 5. The number of nitrogens with one attached hydrogen (secondary N) is 1. The Labute approximate surface area is 186 Å². The van der Waals surface area contributed by atoms with Gasteiger partial charge in [0.25, 0.3) is 5.91 Å². The highest BCUT2D eigenvalue weighted by molar-refractivity contribution is 5.86. The second kappa shape index (κ2) is 10.2. The molecule has 32 heavy (non-hydrogen) atoms. The molecule has 0 spiro atoms. The van der Waals surface area contributed by atoms with Gasteiger partial charge in [0.05, 0.1) is 6.21 Å². The largest absolute Gasteiger partial charge is 0.488 e. The Hall–Kier alpha value is -4.19. The summed E-state index contributed by atoms with van der Waals surface area (Å²) in [7, 11) is 0. The number of carbonyl (C=O) groups is 1. The van der Waals surface area contributed by atoms with Crippen molar-refractivity contribution in [3.63, 3.8) is 0 Å². The first-order chi connectivity index (χ1) is 15.7. The van der Waals surface area contributed by atoms with E-state index in [2.05, 4.69) is 21.6 Å². The molecule has 0 unspecified atom stereocenters. The number of aryl methyl sites for hydroxylation is 1. The fourth-order valence-corrected chi connectivity index (χ4v) is 3.22. The SMILES string of the molecule is Cc1cccc(COc2ccccc2/C=N/NC(=O)COc2cccc3cccnc23)c1. The number of pyridine rings is 1. The van der Waals surface area contributed by atoms with E-state index in [1.54, 1.807) is 18.5 Å². The summed E-state index contributed by atoms with van der Waals surface area (Å²) in [4.78, 5) is 16.5. The van der Waals surface area contributed by atoms with Crippen molar-refractivity contribution in [3.8, 4) is 11.5 Å². The molecule has 1 aromatic heterocycles. The van der Waals surface area contributed by atoms with Crippen molar-refractivity contribution < 1.29 is 14.3 Å². The van der Waals surface area contributed by atoms with Gasteiger partial charge in [-0.1, -0.05) is 60.2 Å². The molecule has 0 atom stereocenters. The molecule has 0 aliphatic carbocycles. The number of rotatable bonds is 8. The Morgan fingerprint density at radius 2 is 1.78 bits per heavy atom. The van der Waals surface area contributed by atoms with Crippen LogP contribution in [0.25, 0.3) is 10.9 Å². The minimum atomic E-state index is -0.368. The third kappa shape index (κ3) is 5.49. The van der Waals surface area contributed by atoms with Gasteiger partial charge < -0.3 is 9.47 Å². The standard InChI is InChI=1S/C26H23N3O3/c1-19-7-4-8-20(15-19)17-31-23-12-3-2-9-22(23)16-28-29-25(30)18-32-24-13-5-10-21-11-6-14-27-26(21)24/h2-16H,17-18H2,1H3,(H,29,30)/b28-16+. The van der Waals surface area contributed by atoms with Crippen molar-refractivity contribution in [2.75, 3.05) is 6.61 Å². The van der Waals surface area contributed by atoms with Crippen LogP contribution in [0.15, 0.2) is 90.2 Å². The van der Waals surface area contributed by atoms with Crippen LogP contribution in [0.2, 0.25) is 0 Å². The lowest BCUT2D eigenvalue weighted by Crippen LogP contribution is -2.24. The number of para-hydroxylation sites is 2. The molecule has 0 radical (unpaired) electrons. The second-order valence-electron chi connectivity index (χ2n) is 7.23. The van der Waals surface area contributed by atoms with E-state index in [4.69, 9.17) is 9.47 Å². The van der Waals surface area contributed by atoms with Gasteiger partial charge in [-0.15, -0.1) is 0 Å². The van der Waals surface area contributed by atoms with Gasteiger partial charge >= 0.3 is 0 Å². The first kappa shape index (κ1) is 21.1. The summed E-state index contributed by atoms with van der Waals surface area (Å²) in [5, 5.41) is 5.00. The number of aromatic nitrogens is 1. The van der Waals surface area contributed by atoms with Gasteiger partial charge in [0.2, 0.25) is 0 Å². The van der Waals surface area contributed by atoms with Gasteiger partial charge in [-0.05, 0) is 36.8 Å². The summed E-state index contributed by atoms with van der Waals surface area (Å²) >= 11 is 0. The Bertz CT molecular complexity index is 1250. The number of benzene rings is 3. The third-order valence-electron chi connectivity index (χ3n) is 4.74. The maximum atomic E-state index is 12.2. The monoisotopic (exact) mass is 425 g/mol. The average molecular weight is 425 g/mol. The van der Waals surface area contributed by atoms with Crippen LogP contribution in [-0.4, -0.2) is 23.7 Å². The fourth-order valence-electron chi connectivity index (χ4n) is 3.22. The summed E-state index contributed by atoms with van der Waals surface area (Å²) < 4.78 is 11.6. The maximum Gasteiger partial charge on any atom is 0.277 e. The van der Waals surface area contributed by atoms with E-state index in [0.29, 0.717) is 23.6 Å². The number of ether oxygens (including phenoxy) is 2. The van der Waals surface area contributed by atoms with E-state index >= 15 is 0 Å². The summed E-state index contributed by atoms with van der Waals surface area (Å²) in [5.41, 5.74) is 6.24. The zero-order valence-corrected chi connectivity index (χ0v) is 17.7. The van der Waals surface area contributed by atoms with Crippen molar-refractivity contribution in [1.82, 2.24) is 10.4 Å². The van der Waals surface area contributed by atoms with E-state index < -0.39 is 0 Å². The molecule has 0 aliphatic rings. The minimum absolute atomic E-state index is 0.168. The molecule has 1 N–H and O–H groups in total. The van der Waals surface area contributed by atoms with Crippen LogP contribution in [0.4, 0.5) is 0 Å². The molecule has 0 fully saturated rings. The van der Waals surface area contributed by atoms with Crippen molar-refractivity contribution in [1.29, 1.82) is 0 Å². The van der Waals surface area contributed by atoms with Crippen molar-refractivity contribution in [2.24, 2.45) is 5.10 Å². The van der Waals surface area contributed by atoms with Gasteiger partial charge in [-0.25, -0.2) is 5.43 Å². The molecule has 160 valence electrons. The Kier molecular flexibility index (Phi) is 6.72. The first-order valence-corrected chi connectivity index (χ1v) is 10.2. The molecule has 1 amide bonds. The van der Waals surface area contributed by atoms with Crippen LogP contribution < -0.4 is 14.9 Å². The number of nitrogens with zero attached hydrogens (tertiary/aromatic N) is 2. The Morgan fingerprint density at radius 1 is 0.969 bits per heavy atom. The zero-order valence-electron chi connectivity index (χ0n) is 17.7. The lowest BCUT2D eigenvalue weighted by molar-refractivity contribution is -0.123. The van der Waals surface area contributed by atoms with Crippen LogP contribution in [0.3, 0.4) is 0 Å². The average Bonchev–Trinajstić information content (AvgIpc) is 2.82. The molecule has 0 saturated heterocycles. The summed E-state index contributed by atoms with van der Waals surface area (Å²) in [6.45, 7) is 2.33. The molecule has 3 aromatic carbocycles. The lowest BCUT2D eigenvalue weighted by Gasteiger charge is -2.10. The van der Waals surface area contributed by atoms with Crippen LogP contribution in [0, 0.1) is 6.92 Å². The number of hydrogen-bond donors (Lipinski definition) is 1. The minimum Gasteiger partial charge on any atom is -0.488 e. The van der Waals surface area contributed by atoms with Crippen molar-refractivity contribution in [2.45, 2.75) is 13.5 Å². The molecule has 4 rings (SSSR count). The number of hydrazone groups is 1. The van der Waals surface area contributed by atoms with Crippen LogP contribution in [-0.2, 0) is 11.4 Å². The van der Waals surface area contributed by atoms with E-state index in [1.807, 2.05) is 73.7 Å². The number of fused-ring (bicyclic) bond motifs is 1. The summed E-state index contributed by atoms with van der Waals surface area (Å²) in [6, 6.07) is 25.1. The molecular weight excluding hydrogens is 402 g/mol. The Balaban J connectivity index is 1.33. The zero-order chi connectivity index (χ0) is 22.2. The first-order valence-electron chi connectivity index (χ1n) is 10.2. The molecule has 6 nitrogen and oxygen atoms in total. The topological polar surface area (TPSA) is 72.8 Å². The lowest BCUT2D eigenvalue weighted by atomic mass is 10.1. The van der Waals surface area contributed by atoms with E-state index in [9.17, 15) is 4.79 Å². The molecule has 6 heteroatoms. The van der Waals surface area contributed by atoms with Crippen LogP contribution in [0.1, 0.15) is 16.7 Å². The fraction of sp³-hybridized carbons (Fsp3) is 0.115. The van der Waals surface area contributed by atoms with E-state index in [-0.39, 0.29) is 12.5 Å². The molecule has 1 heterocycles. The van der Waals surface area contributed by atoms with Crippen LogP contribution in [0.5, 0.6) is 11.5 Å². The molecule has 0 saturated carbocycles. The van der Waals surface area contributed by atoms with Gasteiger partial charge in [-0.2, -0.15) is 5.10 Å². The Morgan fingerprint density at radius 3 is 2.69 bits per heavy atom. The smallest absolute Gasteiger partial charge is 0.277 e. The van der Waals surface area contributed by atoms with Crippen molar-refractivity contribution in [3.05, 3.63) is 102 Å². The van der Waals surface area contributed by atoms with E-state index in [1.165, 1.54) is 5.56 Å². The maximum absolute atomic E-state index is 12.2. The highest BCUT2D eigenvalue weighted by atomic mass is 16.5. The highest BCUT2D eigenvalue weighted by Gasteiger charge is 2.06. The third-order valence-corrected chi connectivity index (χ3v) is 4.74.